The summed E-state index contributed by atoms with van der Waals surface area (Å²) in [6, 6.07) is 0. The van der Waals surface area contributed by atoms with E-state index in [4.69, 9.17) is 9.84 Å². The molecule has 2 unspecified atom stereocenters. The summed E-state index contributed by atoms with van der Waals surface area (Å²) in [6.07, 6.45) is 2.65. The molecule has 0 bridgehead atoms. The van der Waals surface area contributed by atoms with Gasteiger partial charge in [0, 0.05) is 0 Å². The molecule has 4 heteroatoms. The molecule has 1 fully saturated rings. The Morgan fingerprint density at radius 3 is 2.50 bits per heavy atom. The van der Waals surface area contributed by atoms with Gasteiger partial charge in [-0.15, -0.1) is 0 Å². The van der Waals surface area contributed by atoms with Crippen LogP contribution in [0.15, 0.2) is 0 Å². The van der Waals surface area contributed by atoms with Crippen LogP contribution in [0.4, 0.5) is 4.39 Å². The molecule has 94 valence electrons. The van der Waals surface area contributed by atoms with Gasteiger partial charge in [-0.3, -0.25) is 4.79 Å². The van der Waals surface area contributed by atoms with Crippen molar-refractivity contribution >= 4 is 5.97 Å². The van der Waals surface area contributed by atoms with Crippen molar-refractivity contribution in [2.75, 3.05) is 0 Å². The minimum Gasteiger partial charge on any atom is -0.481 e. The highest BCUT2D eigenvalue weighted by Gasteiger charge is 2.33. The van der Waals surface area contributed by atoms with Crippen LogP contribution in [-0.2, 0) is 9.53 Å². The largest absolute Gasteiger partial charge is 0.481 e. The number of hydrogen-bond donors (Lipinski definition) is 1. The third-order valence-electron chi connectivity index (χ3n) is 2.86. The molecule has 0 radical (unpaired) electrons. The molecule has 0 heterocycles. The fraction of sp³-hybridized carbons (Fsp3) is 0.917. The van der Waals surface area contributed by atoms with Crippen molar-refractivity contribution < 1.29 is 19.0 Å². The van der Waals surface area contributed by atoms with Gasteiger partial charge in [0.2, 0.25) is 0 Å². The lowest BCUT2D eigenvalue weighted by molar-refractivity contribution is -0.147. The Hall–Kier alpha value is -0.640. The third kappa shape index (κ3) is 4.92. The number of rotatable bonds is 7. The Kier molecular flexibility index (Phi) is 4.30. The highest BCUT2D eigenvalue weighted by Crippen LogP contribution is 2.30. The summed E-state index contributed by atoms with van der Waals surface area (Å²) in [5.41, 5.74) is -1.26. The van der Waals surface area contributed by atoms with Gasteiger partial charge in [-0.25, -0.2) is 4.39 Å². The van der Waals surface area contributed by atoms with E-state index in [1.165, 1.54) is 13.8 Å². The lowest BCUT2D eigenvalue weighted by atomic mass is 9.95. The van der Waals surface area contributed by atoms with Crippen molar-refractivity contribution in [1.82, 2.24) is 0 Å². The van der Waals surface area contributed by atoms with Gasteiger partial charge in [0.1, 0.15) is 5.67 Å². The van der Waals surface area contributed by atoms with E-state index in [0.29, 0.717) is 12.8 Å². The van der Waals surface area contributed by atoms with Crippen molar-refractivity contribution in [3.63, 3.8) is 0 Å². The second-order valence-electron chi connectivity index (χ2n) is 5.26. The van der Waals surface area contributed by atoms with E-state index in [0.717, 1.165) is 12.8 Å². The molecule has 3 nitrogen and oxygen atoms in total. The summed E-state index contributed by atoms with van der Waals surface area (Å²) in [7, 11) is 0. The Morgan fingerprint density at radius 2 is 2.12 bits per heavy atom. The lowest BCUT2D eigenvalue weighted by Crippen LogP contribution is -2.31. The van der Waals surface area contributed by atoms with Crippen LogP contribution in [0.3, 0.4) is 0 Å². The summed E-state index contributed by atoms with van der Waals surface area (Å²) in [5, 5.41) is 8.94. The lowest BCUT2D eigenvalue weighted by Gasteiger charge is -2.24. The van der Waals surface area contributed by atoms with E-state index in [1.807, 2.05) is 0 Å². The Bertz CT molecular complexity index is 243. The molecule has 0 aromatic heterocycles. The summed E-state index contributed by atoms with van der Waals surface area (Å²) in [6.45, 7) is 4.64. The van der Waals surface area contributed by atoms with E-state index in [1.54, 1.807) is 6.92 Å². The molecule has 1 saturated carbocycles. The standard InChI is InChI=1S/C12H21FO3/c1-8(11(14)15)10(16-9-4-5-9)6-7-12(2,3)13/h8-10H,4-7H2,1-3H3,(H,14,15). The van der Waals surface area contributed by atoms with Gasteiger partial charge in [-0.2, -0.15) is 0 Å². The van der Waals surface area contributed by atoms with Crippen molar-refractivity contribution in [2.45, 2.75) is 64.3 Å². The summed E-state index contributed by atoms with van der Waals surface area (Å²) in [5.74, 6) is -1.44. The van der Waals surface area contributed by atoms with Crippen molar-refractivity contribution in [3.05, 3.63) is 0 Å². The topological polar surface area (TPSA) is 46.5 Å². The molecule has 0 saturated heterocycles. The zero-order valence-electron chi connectivity index (χ0n) is 10.2. The molecule has 0 aromatic rings. The number of carboxylic acids is 1. The quantitative estimate of drug-likeness (QED) is 0.734. The second kappa shape index (κ2) is 5.13. The van der Waals surface area contributed by atoms with Gasteiger partial charge in [-0.1, -0.05) is 0 Å². The molecule has 16 heavy (non-hydrogen) atoms. The van der Waals surface area contributed by atoms with Crippen LogP contribution < -0.4 is 0 Å². The van der Waals surface area contributed by atoms with E-state index in [2.05, 4.69) is 0 Å². The van der Waals surface area contributed by atoms with E-state index in [9.17, 15) is 9.18 Å². The molecule has 0 spiro atoms. The van der Waals surface area contributed by atoms with E-state index >= 15 is 0 Å². The van der Waals surface area contributed by atoms with Crippen LogP contribution >= 0.6 is 0 Å². The number of aliphatic carboxylic acids is 1. The Morgan fingerprint density at radius 1 is 1.56 bits per heavy atom. The first-order valence-corrected chi connectivity index (χ1v) is 5.87. The number of carboxylic acid groups (broad SMARTS) is 1. The van der Waals surface area contributed by atoms with Gasteiger partial charge in [0.15, 0.2) is 0 Å². The number of alkyl halides is 1. The SMILES string of the molecule is CC(C(=O)O)C(CCC(C)(C)F)OC1CC1. The Labute approximate surface area is 96.0 Å². The first-order valence-electron chi connectivity index (χ1n) is 5.87. The molecular weight excluding hydrogens is 211 g/mol. The average Bonchev–Trinajstić information content (AvgIpc) is 2.93. The maximum absolute atomic E-state index is 13.4. The molecule has 0 aliphatic heterocycles. The van der Waals surface area contributed by atoms with Crippen molar-refractivity contribution in [2.24, 2.45) is 5.92 Å². The van der Waals surface area contributed by atoms with Crippen LogP contribution in [0.5, 0.6) is 0 Å². The normalized spacial score (nSPS) is 20.5. The van der Waals surface area contributed by atoms with E-state index < -0.39 is 17.6 Å². The second-order valence-corrected chi connectivity index (χ2v) is 5.26. The first-order chi connectivity index (χ1) is 7.29. The van der Waals surface area contributed by atoms with Crippen LogP contribution in [0.1, 0.15) is 46.5 Å². The van der Waals surface area contributed by atoms with Gasteiger partial charge in [-0.05, 0) is 46.5 Å². The smallest absolute Gasteiger partial charge is 0.308 e. The van der Waals surface area contributed by atoms with Gasteiger partial charge in [0.05, 0.1) is 18.1 Å². The zero-order chi connectivity index (χ0) is 12.3. The molecule has 2 atom stereocenters. The molecule has 1 aliphatic carbocycles. The fourth-order valence-electron chi connectivity index (χ4n) is 1.53. The highest BCUT2D eigenvalue weighted by atomic mass is 19.1. The maximum Gasteiger partial charge on any atom is 0.308 e. The zero-order valence-corrected chi connectivity index (χ0v) is 10.2. The monoisotopic (exact) mass is 232 g/mol. The summed E-state index contributed by atoms with van der Waals surface area (Å²) in [4.78, 5) is 10.9. The third-order valence-corrected chi connectivity index (χ3v) is 2.86. The summed E-state index contributed by atoms with van der Waals surface area (Å²) < 4.78 is 19.0. The molecule has 1 N–H and O–H groups in total. The number of carbonyl (C=O) groups is 1. The molecular formula is C12H21FO3. The molecule has 0 aromatic carbocycles. The number of ether oxygens (including phenoxy) is 1. The van der Waals surface area contributed by atoms with Gasteiger partial charge >= 0.3 is 5.97 Å². The minimum absolute atomic E-state index is 0.203. The highest BCUT2D eigenvalue weighted by molar-refractivity contribution is 5.70. The predicted molar refractivity (Wildman–Crippen MR) is 59.1 cm³/mol. The van der Waals surface area contributed by atoms with Crippen molar-refractivity contribution in [1.29, 1.82) is 0 Å². The van der Waals surface area contributed by atoms with Crippen molar-refractivity contribution in [3.8, 4) is 0 Å². The average molecular weight is 232 g/mol. The minimum atomic E-state index is -1.26. The van der Waals surface area contributed by atoms with Crippen LogP contribution in [0.2, 0.25) is 0 Å². The summed E-state index contributed by atoms with van der Waals surface area (Å²) >= 11 is 0. The van der Waals surface area contributed by atoms with E-state index in [-0.39, 0.29) is 12.2 Å². The first kappa shape index (κ1) is 13.4. The molecule has 1 aliphatic rings. The van der Waals surface area contributed by atoms with Gasteiger partial charge in [0.25, 0.3) is 0 Å². The fourth-order valence-corrected chi connectivity index (χ4v) is 1.53. The number of hydrogen-bond acceptors (Lipinski definition) is 2. The van der Waals surface area contributed by atoms with Crippen LogP contribution in [-0.4, -0.2) is 29.0 Å². The molecule has 1 rings (SSSR count). The van der Waals surface area contributed by atoms with Crippen LogP contribution in [0, 0.1) is 5.92 Å². The van der Waals surface area contributed by atoms with Crippen LogP contribution in [0.25, 0.3) is 0 Å². The number of halogens is 1. The van der Waals surface area contributed by atoms with Gasteiger partial charge < -0.3 is 9.84 Å². The Balaban J connectivity index is 2.45. The molecule has 0 amide bonds. The predicted octanol–water partition coefficient (Wildman–Crippen LogP) is 2.78. The maximum atomic E-state index is 13.4.